The maximum absolute atomic E-state index is 4.82. The van der Waals surface area contributed by atoms with Crippen LogP contribution in [0.3, 0.4) is 0 Å². The fourth-order valence-electron chi connectivity index (χ4n) is 2.92. The third-order valence-electron chi connectivity index (χ3n) is 4.20. The van der Waals surface area contributed by atoms with Gasteiger partial charge in [-0.25, -0.2) is 4.98 Å². The molecule has 108 valence electrons. The van der Waals surface area contributed by atoms with E-state index in [1.54, 1.807) is 0 Å². The number of thiazole rings is 1. The Morgan fingerprint density at radius 3 is 2.81 bits per heavy atom. The second-order valence-electron chi connectivity index (χ2n) is 5.95. The average molecular weight is 297 g/mol. The minimum Gasteiger partial charge on any atom is -0.311 e. The number of fused-ring (bicyclic) bond motifs is 3. The summed E-state index contributed by atoms with van der Waals surface area (Å²) >= 11 is 1.81. The molecule has 0 fully saturated rings. The lowest BCUT2D eigenvalue weighted by atomic mass is 10.0. The van der Waals surface area contributed by atoms with Gasteiger partial charge in [0.2, 0.25) is 0 Å². The molecule has 0 aliphatic carbocycles. The molecule has 1 aromatic carbocycles. The molecule has 3 nitrogen and oxygen atoms in total. The molecule has 0 radical (unpaired) electrons. The molecule has 3 aromatic rings. The lowest BCUT2D eigenvalue weighted by Crippen LogP contribution is -2.23. The van der Waals surface area contributed by atoms with E-state index >= 15 is 0 Å². The Labute approximate surface area is 128 Å². The van der Waals surface area contributed by atoms with Crippen LogP contribution in [0.2, 0.25) is 0 Å². The zero-order valence-electron chi connectivity index (χ0n) is 12.4. The van der Waals surface area contributed by atoms with Gasteiger partial charge in [-0.3, -0.25) is 4.40 Å². The van der Waals surface area contributed by atoms with Crippen LogP contribution in [0.25, 0.3) is 16.2 Å². The van der Waals surface area contributed by atoms with Gasteiger partial charge in [-0.15, -0.1) is 0 Å². The number of nitrogens with zero attached hydrogens (tertiary/aromatic N) is 2. The number of hydrogen-bond donors (Lipinski definition) is 1. The van der Waals surface area contributed by atoms with Gasteiger partial charge < -0.3 is 5.32 Å². The van der Waals surface area contributed by atoms with Crippen molar-refractivity contribution >= 4 is 16.3 Å². The fourth-order valence-corrected chi connectivity index (χ4v) is 4.03. The molecule has 0 bridgehead atoms. The van der Waals surface area contributed by atoms with Crippen molar-refractivity contribution in [2.45, 2.75) is 32.7 Å². The monoisotopic (exact) mass is 297 g/mol. The van der Waals surface area contributed by atoms with Crippen molar-refractivity contribution in [2.24, 2.45) is 0 Å². The van der Waals surface area contributed by atoms with Crippen molar-refractivity contribution in [3.8, 4) is 11.3 Å². The first kappa shape index (κ1) is 13.0. The van der Waals surface area contributed by atoms with E-state index in [2.05, 4.69) is 54.0 Å². The van der Waals surface area contributed by atoms with Crippen molar-refractivity contribution in [1.29, 1.82) is 0 Å². The Morgan fingerprint density at radius 1 is 1.24 bits per heavy atom. The summed E-state index contributed by atoms with van der Waals surface area (Å²) in [6.07, 6.45) is 3.29. The first-order chi connectivity index (χ1) is 10.2. The fraction of sp³-hybridized carbons (Fsp3) is 0.353. The number of rotatable bonds is 2. The van der Waals surface area contributed by atoms with Gasteiger partial charge in [0, 0.05) is 41.8 Å². The third kappa shape index (κ3) is 2.19. The Hall–Kier alpha value is -1.65. The van der Waals surface area contributed by atoms with Crippen molar-refractivity contribution in [2.75, 3.05) is 6.54 Å². The summed E-state index contributed by atoms with van der Waals surface area (Å²) in [6, 6.07) is 8.81. The number of aromatic nitrogens is 2. The van der Waals surface area contributed by atoms with E-state index in [1.807, 2.05) is 11.3 Å². The maximum atomic E-state index is 4.82. The highest BCUT2D eigenvalue weighted by molar-refractivity contribution is 7.17. The molecule has 4 heteroatoms. The highest BCUT2D eigenvalue weighted by atomic mass is 32.1. The van der Waals surface area contributed by atoms with Gasteiger partial charge in [-0.05, 0) is 11.5 Å². The van der Waals surface area contributed by atoms with Crippen LogP contribution in [-0.4, -0.2) is 15.9 Å². The molecular formula is C17H19N3S. The number of imidazole rings is 1. The summed E-state index contributed by atoms with van der Waals surface area (Å²) in [4.78, 5) is 7.37. The summed E-state index contributed by atoms with van der Waals surface area (Å²) in [5.74, 6) is 0.573. The zero-order chi connectivity index (χ0) is 14.4. The second-order valence-corrected chi connectivity index (χ2v) is 7.02. The molecule has 1 N–H and O–H groups in total. The molecule has 0 amide bonds. The van der Waals surface area contributed by atoms with E-state index in [-0.39, 0.29) is 0 Å². The van der Waals surface area contributed by atoms with Crippen LogP contribution < -0.4 is 5.32 Å². The SMILES string of the molecule is CC(C)c1ccc(-c2cn3c4c(sc3n2)CNCC4)cc1. The molecule has 21 heavy (non-hydrogen) atoms. The largest absolute Gasteiger partial charge is 0.311 e. The van der Waals surface area contributed by atoms with E-state index in [4.69, 9.17) is 4.98 Å². The molecule has 1 aliphatic heterocycles. The molecule has 4 rings (SSSR count). The summed E-state index contributed by atoms with van der Waals surface area (Å²) in [5.41, 5.74) is 5.10. The topological polar surface area (TPSA) is 29.3 Å². The van der Waals surface area contributed by atoms with Crippen LogP contribution in [0.4, 0.5) is 0 Å². The number of hydrogen-bond acceptors (Lipinski definition) is 3. The van der Waals surface area contributed by atoms with E-state index in [1.165, 1.54) is 21.7 Å². The van der Waals surface area contributed by atoms with Gasteiger partial charge in [0.1, 0.15) is 0 Å². The quantitative estimate of drug-likeness (QED) is 0.779. The molecule has 2 aromatic heterocycles. The molecule has 0 saturated carbocycles. The van der Waals surface area contributed by atoms with Gasteiger partial charge in [0.25, 0.3) is 0 Å². The smallest absolute Gasteiger partial charge is 0.194 e. The molecule has 1 aliphatic rings. The molecule has 0 unspecified atom stereocenters. The van der Waals surface area contributed by atoms with Crippen LogP contribution in [0.15, 0.2) is 30.5 Å². The highest BCUT2D eigenvalue weighted by Gasteiger charge is 2.17. The van der Waals surface area contributed by atoms with E-state index < -0.39 is 0 Å². The predicted molar refractivity (Wildman–Crippen MR) is 88.0 cm³/mol. The molecule has 0 spiro atoms. The van der Waals surface area contributed by atoms with E-state index in [0.29, 0.717) is 5.92 Å². The molecule has 0 atom stereocenters. The van der Waals surface area contributed by atoms with Crippen LogP contribution in [0, 0.1) is 0 Å². The first-order valence-electron chi connectivity index (χ1n) is 7.53. The Bertz CT molecular complexity index is 780. The normalized spacial score (nSPS) is 14.8. The van der Waals surface area contributed by atoms with Crippen molar-refractivity contribution in [3.63, 3.8) is 0 Å². The van der Waals surface area contributed by atoms with Crippen molar-refractivity contribution < 1.29 is 0 Å². The van der Waals surface area contributed by atoms with E-state index in [9.17, 15) is 0 Å². The Balaban J connectivity index is 1.75. The zero-order valence-corrected chi connectivity index (χ0v) is 13.2. The summed E-state index contributed by atoms with van der Waals surface area (Å²) in [5, 5.41) is 3.42. The van der Waals surface area contributed by atoms with Crippen LogP contribution >= 0.6 is 11.3 Å². The van der Waals surface area contributed by atoms with Gasteiger partial charge in [0.05, 0.1) is 5.69 Å². The number of nitrogens with one attached hydrogen (secondary N) is 1. The van der Waals surface area contributed by atoms with E-state index in [0.717, 1.165) is 30.2 Å². The Morgan fingerprint density at radius 2 is 2.05 bits per heavy atom. The molecule has 3 heterocycles. The molecular weight excluding hydrogens is 278 g/mol. The highest BCUT2D eigenvalue weighted by Crippen LogP contribution is 2.29. The van der Waals surface area contributed by atoms with Gasteiger partial charge in [-0.1, -0.05) is 49.4 Å². The minimum atomic E-state index is 0.573. The first-order valence-corrected chi connectivity index (χ1v) is 8.35. The van der Waals surface area contributed by atoms with Gasteiger partial charge in [0.15, 0.2) is 4.96 Å². The summed E-state index contributed by atoms with van der Waals surface area (Å²) in [6.45, 7) is 6.50. The third-order valence-corrected chi connectivity index (χ3v) is 5.29. The minimum absolute atomic E-state index is 0.573. The Kier molecular flexibility index (Phi) is 3.08. The van der Waals surface area contributed by atoms with Crippen LogP contribution in [0.1, 0.15) is 35.9 Å². The summed E-state index contributed by atoms with van der Waals surface area (Å²) in [7, 11) is 0. The molecule has 0 saturated heterocycles. The lowest BCUT2D eigenvalue weighted by molar-refractivity contribution is 0.638. The maximum Gasteiger partial charge on any atom is 0.194 e. The average Bonchev–Trinajstić information content (AvgIpc) is 3.05. The summed E-state index contributed by atoms with van der Waals surface area (Å²) < 4.78 is 2.28. The lowest BCUT2D eigenvalue weighted by Gasteiger charge is -2.11. The second kappa shape index (κ2) is 4.97. The van der Waals surface area contributed by atoms with Crippen molar-refractivity contribution in [1.82, 2.24) is 14.7 Å². The predicted octanol–water partition coefficient (Wildman–Crippen LogP) is 3.83. The van der Waals surface area contributed by atoms with Crippen molar-refractivity contribution in [3.05, 3.63) is 46.6 Å². The van der Waals surface area contributed by atoms with Crippen LogP contribution in [0.5, 0.6) is 0 Å². The standard InChI is InChI=1S/C17H19N3S/c1-11(2)12-3-5-13(6-4-12)14-10-20-15-7-8-18-9-16(15)21-17(20)19-14/h3-6,10-11,18H,7-9H2,1-2H3. The van der Waals surface area contributed by atoms with Crippen LogP contribution in [-0.2, 0) is 13.0 Å². The van der Waals surface area contributed by atoms with Gasteiger partial charge in [-0.2, -0.15) is 0 Å². The van der Waals surface area contributed by atoms with Gasteiger partial charge >= 0.3 is 0 Å². The number of benzene rings is 1.